The number of rotatable bonds is 4. The minimum atomic E-state index is -0.374. The number of hydrogen-bond donors (Lipinski definition) is 1. The predicted octanol–water partition coefficient (Wildman–Crippen LogP) is 4.77. The number of anilines is 4. The first-order chi connectivity index (χ1) is 14.6. The van der Waals surface area contributed by atoms with E-state index in [0.29, 0.717) is 35.1 Å². The Morgan fingerprint density at radius 3 is 2.63 bits per heavy atom. The van der Waals surface area contributed by atoms with E-state index in [1.54, 1.807) is 42.5 Å². The molecule has 4 rings (SSSR count). The third-order valence-electron chi connectivity index (χ3n) is 4.92. The lowest BCUT2D eigenvalue weighted by Crippen LogP contribution is -2.16. The van der Waals surface area contributed by atoms with Gasteiger partial charge >= 0.3 is 0 Å². The molecular formula is C23H17FN6. The standard InChI is InChI=1S/C23H17FN6/c1-15-19-10-12-30(21-9-6-16(3-2-11-25)13-20(21)24)22(19)29-23(27-15)28-18-7-4-17(14-26)5-8-18/h2-9,13H,10,12H2,1H3,(H,27,28,29)/b3-2+. The summed E-state index contributed by atoms with van der Waals surface area (Å²) < 4.78 is 14.8. The molecule has 1 N–H and O–H groups in total. The first kappa shape index (κ1) is 19.1. The minimum Gasteiger partial charge on any atom is -0.324 e. The minimum absolute atomic E-state index is 0.374. The van der Waals surface area contributed by atoms with Gasteiger partial charge in [-0.25, -0.2) is 9.37 Å². The maximum absolute atomic E-state index is 14.8. The SMILES string of the molecule is Cc1nc(Nc2ccc(C#N)cc2)nc2c1CCN2c1ccc(/C=C/C#N)cc1F. The van der Waals surface area contributed by atoms with Crippen molar-refractivity contribution in [2.24, 2.45) is 0 Å². The lowest BCUT2D eigenvalue weighted by atomic mass is 10.1. The van der Waals surface area contributed by atoms with E-state index in [1.807, 2.05) is 17.9 Å². The molecule has 1 aliphatic heterocycles. The molecule has 0 amide bonds. The molecule has 30 heavy (non-hydrogen) atoms. The molecule has 146 valence electrons. The van der Waals surface area contributed by atoms with Crippen LogP contribution in [0.3, 0.4) is 0 Å². The third kappa shape index (κ3) is 3.69. The number of aryl methyl sites for hydroxylation is 1. The molecule has 0 atom stereocenters. The van der Waals surface area contributed by atoms with Crippen LogP contribution in [0.5, 0.6) is 0 Å². The summed E-state index contributed by atoms with van der Waals surface area (Å²) in [4.78, 5) is 11.0. The van der Waals surface area contributed by atoms with Gasteiger partial charge in [0.05, 0.1) is 23.4 Å². The number of halogens is 1. The normalized spacial score (nSPS) is 12.5. The highest BCUT2D eigenvalue weighted by atomic mass is 19.1. The van der Waals surface area contributed by atoms with Gasteiger partial charge < -0.3 is 10.2 Å². The Morgan fingerprint density at radius 2 is 1.93 bits per heavy atom. The van der Waals surface area contributed by atoms with Crippen LogP contribution in [-0.2, 0) is 6.42 Å². The largest absolute Gasteiger partial charge is 0.324 e. The molecule has 0 fully saturated rings. The van der Waals surface area contributed by atoms with Crippen LogP contribution in [0.15, 0.2) is 48.5 Å². The van der Waals surface area contributed by atoms with Crippen LogP contribution in [0, 0.1) is 35.4 Å². The van der Waals surface area contributed by atoms with Crippen molar-refractivity contribution in [3.8, 4) is 12.1 Å². The summed E-state index contributed by atoms with van der Waals surface area (Å²) in [6.45, 7) is 2.52. The lowest BCUT2D eigenvalue weighted by molar-refractivity contribution is 0.625. The predicted molar refractivity (Wildman–Crippen MR) is 113 cm³/mol. The van der Waals surface area contributed by atoms with Crippen LogP contribution in [0.25, 0.3) is 6.08 Å². The summed E-state index contributed by atoms with van der Waals surface area (Å²) in [7, 11) is 0. The van der Waals surface area contributed by atoms with Gasteiger partial charge in [-0.3, -0.25) is 0 Å². The quantitative estimate of drug-likeness (QED) is 0.639. The number of fused-ring (bicyclic) bond motifs is 1. The van der Waals surface area contributed by atoms with Crippen molar-refractivity contribution in [1.82, 2.24) is 9.97 Å². The molecule has 0 saturated carbocycles. The van der Waals surface area contributed by atoms with Crippen LogP contribution < -0.4 is 10.2 Å². The molecule has 0 unspecified atom stereocenters. The molecule has 1 aromatic heterocycles. The van der Waals surface area contributed by atoms with Gasteiger partial charge in [-0.1, -0.05) is 6.07 Å². The van der Waals surface area contributed by atoms with Gasteiger partial charge in [-0.05, 0) is 61.4 Å². The number of hydrogen-bond acceptors (Lipinski definition) is 6. The van der Waals surface area contributed by atoms with Gasteiger partial charge in [-0.2, -0.15) is 15.5 Å². The molecule has 0 aliphatic carbocycles. The summed E-state index contributed by atoms with van der Waals surface area (Å²) >= 11 is 0. The molecule has 3 aromatic rings. The first-order valence-corrected chi connectivity index (χ1v) is 9.37. The first-order valence-electron chi connectivity index (χ1n) is 9.37. The van der Waals surface area contributed by atoms with Crippen molar-refractivity contribution in [2.45, 2.75) is 13.3 Å². The van der Waals surface area contributed by atoms with Gasteiger partial charge in [0.1, 0.15) is 11.6 Å². The van der Waals surface area contributed by atoms with E-state index >= 15 is 0 Å². The van der Waals surface area contributed by atoms with Crippen molar-refractivity contribution >= 4 is 29.2 Å². The zero-order chi connectivity index (χ0) is 21.1. The second-order valence-corrected chi connectivity index (χ2v) is 6.82. The van der Waals surface area contributed by atoms with Crippen molar-refractivity contribution in [2.75, 3.05) is 16.8 Å². The average molecular weight is 396 g/mol. The van der Waals surface area contributed by atoms with E-state index in [9.17, 15) is 4.39 Å². The lowest BCUT2D eigenvalue weighted by Gasteiger charge is -2.20. The monoisotopic (exact) mass is 396 g/mol. The summed E-state index contributed by atoms with van der Waals surface area (Å²) in [6.07, 6.45) is 3.61. The van der Waals surface area contributed by atoms with E-state index in [2.05, 4.69) is 21.4 Å². The van der Waals surface area contributed by atoms with E-state index in [1.165, 1.54) is 12.1 Å². The number of nitrogens with zero attached hydrogens (tertiary/aromatic N) is 5. The van der Waals surface area contributed by atoms with Crippen LogP contribution in [0.1, 0.15) is 22.4 Å². The Balaban J connectivity index is 1.66. The summed E-state index contributed by atoms with van der Waals surface area (Å²) in [6, 6.07) is 15.9. The maximum Gasteiger partial charge on any atom is 0.229 e. The smallest absolute Gasteiger partial charge is 0.229 e. The maximum atomic E-state index is 14.8. The van der Waals surface area contributed by atoms with E-state index in [4.69, 9.17) is 10.5 Å². The highest BCUT2D eigenvalue weighted by Gasteiger charge is 2.27. The van der Waals surface area contributed by atoms with Crippen molar-refractivity contribution in [3.63, 3.8) is 0 Å². The van der Waals surface area contributed by atoms with Crippen LogP contribution in [0.4, 0.5) is 27.5 Å². The Hall–Kier alpha value is -4.23. The second-order valence-electron chi connectivity index (χ2n) is 6.82. The van der Waals surface area contributed by atoms with Gasteiger partial charge in [0.15, 0.2) is 0 Å². The van der Waals surface area contributed by atoms with Gasteiger partial charge in [0, 0.05) is 29.6 Å². The third-order valence-corrected chi connectivity index (χ3v) is 4.92. The Bertz CT molecular complexity index is 1220. The van der Waals surface area contributed by atoms with Gasteiger partial charge in [0.2, 0.25) is 5.95 Å². The van der Waals surface area contributed by atoms with Crippen LogP contribution in [0.2, 0.25) is 0 Å². The fourth-order valence-electron chi connectivity index (χ4n) is 3.45. The fourth-order valence-corrected chi connectivity index (χ4v) is 3.45. The number of allylic oxidation sites excluding steroid dienone is 1. The highest BCUT2D eigenvalue weighted by Crippen LogP contribution is 2.36. The topological polar surface area (TPSA) is 88.6 Å². The molecular weight excluding hydrogens is 379 g/mol. The molecule has 2 aromatic carbocycles. The van der Waals surface area contributed by atoms with Gasteiger partial charge in [0.25, 0.3) is 0 Å². The van der Waals surface area contributed by atoms with Gasteiger partial charge in [-0.15, -0.1) is 0 Å². The summed E-state index contributed by atoms with van der Waals surface area (Å²) in [5.74, 6) is 0.718. The fraction of sp³-hybridized carbons (Fsp3) is 0.130. The Morgan fingerprint density at radius 1 is 1.13 bits per heavy atom. The van der Waals surface area contributed by atoms with Crippen LogP contribution in [-0.4, -0.2) is 16.5 Å². The van der Waals surface area contributed by atoms with E-state index in [-0.39, 0.29) is 5.82 Å². The van der Waals surface area contributed by atoms with Crippen molar-refractivity contribution < 1.29 is 4.39 Å². The number of benzene rings is 2. The number of nitriles is 2. The zero-order valence-corrected chi connectivity index (χ0v) is 16.2. The molecule has 2 heterocycles. The molecule has 0 bridgehead atoms. The number of nitrogens with one attached hydrogen (secondary N) is 1. The molecule has 0 spiro atoms. The molecule has 6 nitrogen and oxygen atoms in total. The highest BCUT2D eigenvalue weighted by molar-refractivity contribution is 5.71. The van der Waals surface area contributed by atoms with Crippen molar-refractivity contribution in [3.05, 3.63) is 76.7 Å². The summed E-state index contributed by atoms with van der Waals surface area (Å²) in [5, 5.41) is 20.7. The van der Waals surface area contributed by atoms with E-state index in [0.717, 1.165) is 23.4 Å². The molecule has 7 heteroatoms. The zero-order valence-electron chi connectivity index (χ0n) is 16.2. The number of aromatic nitrogens is 2. The van der Waals surface area contributed by atoms with Crippen molar-refractivity contribution in [1.29, 1.82) is 10.5 Å². The van der Waals surface area contributed by atoms with Crippen LogP contribution >= 0.6 is 0 Å². The Kier molecular flexibility index (Phi) is 5.11. The second kappa shape index (κ2) is 8.02. The molecule has 0 saturated heterocycles. The average Bonchev–Trinajstić information content (AvgIpc) is 3.17. The molecule has 1 aliphatic rings. The summed E-state index contributed by atoms with van der Waals surface area (Å²) in [5.41, 5.74) is 4.23. The van der Waals surface area contributed by atoms with E-state index < -0.39 is 0 Å². The molecule has 0 radical (unpaired) electrons. The Labute approximate surface area is 173 Å².